The van der Waals surface area contributed by atoms with Crippen molar-refractivity contribution in [1.82, 2.24) is 9.62 Å². The van der Waals surface area contributed by atoms with Crippen molar-refractivity contribution in [2.24, 2.45) is 0 Å². The summed E-state index contributed by atoms with van der Waals surface area (Å²) in [5.74, 6) is -0.288. The van der Waals surface area contributed by atoms with Crippen LogP contribution in [0.3, 0.4) is 0 Å². The zero-order valence-corrected chi connectivity index (χ0v) is 17.0. The van der Waals surface area contributed by atoms with Gasteiger partial charge in [0, 0.05) is 16.8 Å². The Kier molecular flexibility index (Phi) is 7.40. The average molecular weight is 413 g/mol. The summed E-state index contributed by atoms with van der Waals surface area (Å²) in [6.45, 7) is 4.41. The number of sulfonamides is 1. The molecule has 0 bridgehead atoms. The molecule has 0 aliphatic rings. The third-order valence-corrected chi connectivity index (χ3v) is 5.91. The summed E-state index contributed by atoms with van der Waals surface area (Å²) in [5, 5.41) is 1.07. The van der Waals surface area contributed by atoms with E-state index in [1.165, 1.54) is 17.4 Å². The molecule has 8 heteroatoms. The van der Waals surface area contributed by atoms with Gasteiger partial charge in [-0.25, -0.2) is 13.1 Å². The van der Waals surface area contributed by atoms with Crippen molar-refractivity contribution in [2.45, 2.75) is 20.4 Å². The fourth-order valence-corrected chi connectivity index (χ4v) is 4.03. The summed E-state index contributed by atoms with van der Waals surface area (Å²) in [4.78, 5) is 14.8. The van der Waals surface area contributed by atoms with Crippen molar-refractivity contribution in [3.8, 4) is 0 Å². The minimum Gasteiger partial charge on any atom is -0.337 e. The minimum atomic E-state index is -3.69. The highest BCUT2D eigenvalue weighted by atomic mass is 35.5. The number of hydrogen-bond acceptors (Lipinski definition) is 4. The van der Waals surface area contributed by atoms with Gasteiger partial charge in [0.1, 0.15) is 0 Å². The second kappa shape index (κ2) is 9.32. The number of halogens is 1. The molecule has 0 saturated carbocycles. The highest BCUT2D eigenvalue weighted by Crippen LogP contribution is 2.22. The Bertz CT molecular complexity index is 874. The minimum absolute atomic E-state index is 0.284. The van der Waals surface area contributed by atoms with Gasteiger partial charge in [0.15, 0.2) is 0 Å². The van der Waals surface area contributed by atoms with E-state index in [0.29, 0.717) is 17.4 Å². The lowest BCUT2D eigenvalue weighted by Gasteiger charge is -2.20. The summed E-state index contributed by atoms with van der Waals surface area (Å²) in [5.41, 5.74) is 1.87. The number of hydrogen-bond donors (Lipinski definition) is 1. The first-order valence-corrected chi connectivity index (χ1v) is 10.8. The normalized spacial score (nSPS) is 11.8. The van der Waals surface area contributed by atoms with Crippen LogP contribution >= 0.6 is 22.9 Å². The fraction of sp³-hybridized carbons (Fsp3) is 0.278. The zero-order valence-electron chi connectivity index (χ0n) is 14.6. The van der Waals surface area contributed by atoms with Crippen LogP contribution in [-0.4, -0.2) is 32.3 Å². The Morgan fingerprint density at radius 1 is 1.23 bits per heavy atom. The molecule has 0 spiro atoms. The molecule has 0 aliphatic carbocycles. The fourth-order valence-electron chi connectivity index (χ4n) is 2.17. The Hall–Kier alpha value is -1.67. The number of benzene rings is 1. The van der Waals surface area contributed by atoms with Gasteiger partial charge in [0.05, 0.1) is 17.4 Å². The van der Waals surface area contributed by atoms with Crippen molar-refractivity contribution < 1.29 is 13.2 Å². The van der Waals surface area contributed by atoms with Crippen molar-refractivity contribution in [3.05, 3.63) is 62.1 Å². The lowest BCUT2D eigenvalue weighted by molar-refractivity contribution is -0.130. The number of nitrogens with zero attached hydrogens (tertiary/aromatic N) is 1. The molecule has 0 unspecified atom stereocenters. The van der Waals surface area contributed by atoms with Crippen molar-refractivity contribution in [1.29, 1.82) is 0 Å². The molecule has 1 aromatic carbocycles. The van der Waals surface area contributed by atoms with Gasteiger partial charge in [-0.1, -0.05) is 41.4 Å². The second-order valence-electron chi connectivity index (χ2n) is 5.69. The summed E-state index contributed by atoms with van der Waals surface area (Å²) in [7, 11) is -3.69. The van der Waals surface area contributed by atoms with E-state index in [4.69, 9.17) is 11.6 Å². The Balaban J connectivity index is 1.92. The Morgan fingerprint density at radius 2 is 1.92 bits per heavy atom. The van der Waals surface area contributed by atoms with Crippen LogP contribution in [0.25, 0.3) is 6.08 Å². The van der Waals surface area contributed by atoms with Gasteiger partial charge in [-0.3, -0.25) is 4.79 Å². The monoisotopic (exact) mass is 412 g/mol. The maximum Gasteiger partial charge on any atom is 0.237 e. The largest absolute Gasteiger partial charge is 0.337 e. The van der Waals surface area contributed by atoms with Gasteiger partial charge in [0.25, 0.3) is 0 Å². The first-order chi connectivity index (χ1) is 12.3. The maximum absolute atomic E-state index is 12.3. The smallest absolute Gasteiger partial charge is 0.237 e. The number of amides is 1. The molecule has 0 radical (unpaired) electrons. The molecule has 0 saturated heterocycles. The summed E-state index contributed by atoms with van der Waals surface area (Å²) >= 11 is 7.30. The third-order valence-electron chi connectivity index (χ3n) is 3.65. The average Bonchev–Trinajstić information content (AvgIpc) is 3.02. The number of nitrogens with one attached hydrogen (secondary N) is 1. The molecule has 26 heavy (non-hydrogen) atoms. The molecule has 1 aromatic heterocycles. The Labute approximate surface area is 163 Å². The van der Waals surface area contributed by atoms with E-state index in [9.17, 15) is 13.2 Å². The van der Waals surface area contributed by atoms with Crippen molar-refractivity contribution >= 4 is 44.9 Å². The number of aryl methyl sites for hydroxylation is 1. The summed E-state index contributed by atoms with van der Waals surface area (Å²) in [6.07, 6.45) is 1.50. The van der Waals surface area contributed by atoms with Crippen LogP contribution in [-0.2, 0) is 21.4 Å². The molecule has 2 aromatic rings. The number of carbonyl (C=O) groups excluding carboxylic acids is 1. The maximum atomic E-state index is 12.3. The van der Waals surface area contributed by atoms with Gasteiger partial charge in [-0.05, 0) is 37.6 Å². The third kappa shape index (κ3) is 6.57. The first-order valence-electron chi connectivity index (χ1n) is 8.05. The molecular weight excluding hydrogens is 392 g/mol. The van der Waals surface area contributed by atoms with Crippen LogP contribution < -0.4 is 4.72 Å². The first kappa shape index (κ1) is 20.6. The molecule has 1 heterocycles. The van der Waals surface area contributed by atoms with E-state index in [0.717, 1.165) is 21.4 Å². The van der Waals surface area contributed by atoms with Crippen LogP contribution in [0, 0.1) is 6.92 Å². The van der Waals surface area contributed by atoms with Crippen molar-refractivity contribution in [3.63, 3.8) is 0 Å². The van der Waals surface area contributed by atoms with Crippen molar-refractivity contribution in [2.75, 3.05) is 13.1 Å². The predicted molar refractivity (Wildman–Crippen MR) is 108 cm³/mol. The number of rotatable bonds is 8. The van der Waals surface area contributed by atoms with E-state index >= 15 is 0 Å². The van der Waals surface area contributed by atoms with Crippen LogP contribution in [0.5, 0.6) is 0 Å². The van der Waals surface area contributed by atoms with E-state index in [2.05, 4.69) is 4.72 Å². The van der Waals surface area contributed by atoms with Gasteiger partial charge in [-0.15, -0.1) is 11.3 Å². The SMILES string of the molecule is CCN(Cc1ccc(Cl)s1)C(=O)CNS(=O)(=O)/C=C/c1ccc(C)cc1. The standard InChI is InChI=1S/C18H21ClN2O3S2/c1-3-21(13-16-8-9-17(19)25-16)18(22)12-20-26(23,24)11-10-15-6-4-14(2)5-7-15/h4-11,20H,3,12-13H2,1-2H3/b11-10+. The number of thiophene rings is 1. The molecule has 0 atom stereocenters. The molecule has 0 aliphatic heterocycles. The molecule has 1 N–H and O–H groups in total. The molecule has 1 amide bonds. The van der Waals surface area contributed by atoms with E-state index in [-0.39, 0.29) is 12.5 Å². The van der Waals surface area contributed by atoms with Crippen LogP contribution in [0.2, 0.25) is 4.34 Å². The summed E-state index contributed by atoms with van der Waals surface area (Å²) < 4.78 is 27.1. The predicted octanol–water partition coefficient (Wildman–Crippen LogP) is 3.65. The van der Waals surface area contributed by atoms with E-state index in [1.807, 2.05) is 44.2 Å². The zero-order chi connectivity index (χ0) is 19.2. The number of likely N-dealkylation sites (N-methyl/N-ethyl adjacent to an activating group) is 1. The van der Waals surface area contributed by atoms with Crippen LogP contribution in [0.1, 0.15) is 22.9 Å². The van der Waals surface area contributed by atoms with E-state index < -0.39 is 10.0 Å². The van der Waals surface area contributed by atoms with Gasteiger partial charge < -0.3 is 4.90 Å². The van der Waals surface area contributed by atoms with Gasteiger partial charge in [0.2, 0.25) is 15.9 Å². The second-order valence-corrected chi connectivity index (χ2v) is 9.14. The van der Waals surface area contributed by atoms with Gasteiger partial charge in [-0.2, -0.15) is 0 Å². The topological polar surface area (TPSA) is 66.5 Å². The van der Waals surface area contributed by atoms with E-state index in [1.54, 1.807) is 11.0 Å². The van der Waals surface area contributed by atoms with Crippen LogP contribution in [0.4, 0.5) is 0 Å². The molecule has 2 rings (SSSR count). The molecule has 5 nitrogen and oxygen atoms in total. The highest BCUT2D eigenvalue weighted by Gasteiger charge is 2.15. The highest BCUT2D eigenvalue weighted by molar-refractivity contribution is 7.92. The quantitative estimate of drug-likeness (QED) is 0.719. The molecular formula is C18H21ClN2O3S2. The molecule has 0 fully saturated rings. The lowest BCUT2D eigenvalue weighted by Crippen LogP contribution is -2.39. The van der Waals surface area contributed by atoms with Gasteiger partial charge >= 0.3 is 0 Å². The number of carbonyl (C=O) groups is 1. The van der Waals surface area contributed by atoms with Crippen LogP contribution in [0.15, 0.2) is 41.8 Å². The molecule has 140 valence electrons. The summed E-state index contributed by atoms with van der Waals surface area (Å²) in [6, 6.07) is 11.1. The lowest BCUT2D eigenvalue weighted by atomic mass is 10.2. The Morgan fingerprint density at radius 3 is 2.50 bits per heavy atom.